The zero-order valence-corrected chi connectivity index (χ0v) is 11.1. The van der Waals surface area contributed by atoms with Crippen LogP contribution in [0.5, 0.6) is 0 Å². The molecule has 0 radical (unpaired) electrons. The summed E-state index contributed by atoms with van der Waals surface area (Å²) in [6.45, 7) is 1.77. The summed E-state index contributed by atoms with van der Waals surface area (Å²) in [6.07, 6.45) is 3.71. The molecule has 2 aromatic heterocycles. The lowest BCUT2D eigenvalue weighted by molar-refractivity contribution is 0.0681. The predicted octanol–water partition coefficient (Wildman–Crippen LogP) is 1.88. The standard InChI is InChI=1S/C12H14N4O2S/c17-11(18)10-2-1-5-16(10)9-3-6-15(7-4-9)12-14-13-8-19-12/h1-2,5,8-9H,3-4,6-7H2,(H,17,18). The van der Waals surface area contributed by atoms with Crippen LogP contribution in [0.4, 0.5) is 5.13 Å². The molecule has 0 saturated carbocycles. The lowest BCUT2D eigenvalue weighted by atomic mass is 10.1. The van der Waals surface area contributed by atoms with Crippen molar-refractivity contribution >= 4 is 22.4 Å². The second-order valence-corrected chi connectivity index (χ2v) is 5.36. The normalized spacial score (nSPS) is 16.7. The Labute approximate surface area is 114 Å². The molecule has 1 aliphatic heterocycles. The van der Waals surface area contributed by atoms with Crippen molar-refractivity contribution < 1.29 is 9.90 Å². The Balaban J connectivity index is 1.70. The van der Waals surface area contributed by atoms with E-state index in [1.165, 1.54) is 11.3 Å². The summed E-state index contributed by atoms with van der Waals surface area (Å²) in [5.41, 5.74) is 2.10. The van der Waals surface area contributed by atoms with Crippen molar-refractivity contribution in [1.29, 1.82) is 0 Å². The SMILES string of the molecule is O=C(O)c1cccn1C1CCN(c2nncs2)CC1. The Kier molecular flexibility index (Phi) is 3.20. The molecule has 3 heterocycles. The lowest BCUT2D eigenvalue weighted by Crippen LogP contribution is -2.35. The first-order chi connectivity index (χ1) is 9.25. The quantitative estimate of drug-likeness (QED) is 0.928. The van der Waals surface area contributed by atoms with E-state index in [4.69, 9.17) is 5.11 Å². The second kappa shape index (κ2) is 5.00. The van der Waals surface area contributed by atoms with E-state index in [2.05, 4.69) is 15.1 Å². The van der Waals surface area contributed by atoms with Crippen LogP contribution in [0.3, 0.4) is 0 Å². The zero-order valence-electron chi connectivity index (χ0n) is 10.3. The minimum Gasteiger partial charge on any atom is -0.477 e. The van der Waals surface area contributed by atoms with Gasteiger partial charge in [-0.2, -0.15) is 0 Å². The van der Waals surface area contributed by atoms with Gasteiger partial charge in [0.05, 0.1) is 0 Å². The first kappa shape index (κ1) is 12.2. The van der Waals surface area contributed by atoms with E-state index in [1.807, 2.05) is 10.8 Å². The van der Waals surface area contributed by atoms with Gasteiger partial charge in [-0.1, -0.05) is 11.3 Å². The van der Waals surface area contributed by atoms with Gasteiger partial charge in [0.15, 0.2) is 0 Å². The summed E-state index contributed by atoms with van der Waals surface area (Å²) < 4.78 is 1.87. The number of rotatable bonds is 3. The zero-order chi connectivity index (χ0) is 13.2. The van der Waals surface area contributed by atoms with E-state index in [1.54, 1.807) is 17.6 Å². The molecular weight excluding hydrogens is 264 g/mol. The number of carboxylic acids is 1. The fraction of sp³-hybridized carbons (Fsp3) is 0.417. The maximum absolute atomic E-state index is 11.1. The van der Waals surface area contributed by atoms with Crippen molar-refractivity contribution in [1.82, 2.24) is 14.8 Å². The monoisotopic (exact) mass is 278 g/mol. The largest absolute Gasteiger partial charge is 0.477 e. The molecule has 19 heavy (non-hydrogen) atoms. The number of carboxylic acid groups (broad SMARTS) is 1. The minimum absolute atomic E-state index is 0.255. The number of anilines is 1. The van der Waals surface area contributed by atoms with Crippen LogP contribution in [0.1, 0.15) is 29.4 Å². The van der Waals surface area contributed by atoms with Crippen LogP contribution in [-0.4, -0.2) is 38.9 Å². The summed E-state index contributed by atoms with van der Waals surface area (Å²) in [5, 5.41) is 18.0. The maximum Gasteiger partial charge on any atom is 0.352 e. The summed E-state index contributed by atoms with van der Waals surface area (Å²) >= 11 is 1.54. The first-order valence-corrected chi connectivity index (χ1v) is 7.05. The van der Waals surface area contributed by atoms with Crippen LogP contribution in [0.15, 0.2) is 23.8 Å². The van der Waals surface area contributed by atoms with Crippen LogP contribution in [0, 0.1) is 0 Å². The van der Waals surface area contributed by atoms with E-state index in [9.17, 15) is 4.79 Å². The Morgan fingerprint density at radius 3 is 2.84 bits per heavy atom. The fourth-order valence-corrected chi connectivity index (χ4v) is 3.15. The molecule has 1 aliphatic rings. The van der Waals surface area contributed by atoms with Gasteiger partial charge in [0.25, 0.3) is 0 Å². The molecule has 6 nitrogen and oxygen atoms in total. The van der Waals surface area contributed by atoms with E-state index in [-0.39, 0.29) is 6.04 Å². The molecule has 0 amide bonds. The van der Waals surface area contributed by atoms with Gasteiger partial charge in [-0.15, -0.1) is 10.2 Å². The van der Waals surface area contributed by atoms with Crippen molar-refractivity contribution in [3.63, 3.8) is 0 Å². The van der Waals surface area contributed by atoms with E-state index in [0.717, 1.165) is 31.1 Å². The highest BCUT2D eigenvalue weighted by atomic mass is 32.1. The molecule has 100 valence electrons. The van der Waals surface area contributed by atoms with Crippen LogP contribution < -0.4 is 4.90 Å². The summed E-state index contributed by atoms with van der Waals surface area (Å²) in [6, 6.07) is 3.70. The van der Waals surface area contributed by atoms with Crippen LogP contribution in [-0.2, 0) is 0 Å². The van der Waals surface area contributed by atoms with Crippen molar-refractivity contribution in [2.24, 2.45) is 0 Å². The number of aromatic carboxylic acids is 1. The third-order valence-corrected chi connectivity index (χ3v) is 4.23. The Hall–Kier alpha value is -1.89. The van der Waals surface area contributed by atoms with Crippen LogP contribution in [0.2, 0.25) is 0 Å². The number of piperidine rings is 1. The molecule has 0 aromatic carbocycles. The molecule has 1 saturated heterocycles. The lowest BCUT2D eigenvalue weighted by Gasteiger charge is -2.32. The molecule has 1 fully saturated rings. The average Bonchev–Trinajstić information content (AvgIpc) is 3.10. The molecular formula is C12H14N4O2S. The van der Waals surface area contributed by atoms with Crippen molar-refractivity contribution in [3.8, 4) is 0 Å². The van der Waals surface area contributed by atoms with Gasteiger partial charge in [-0.05, 0) is 25.0 Å². The average molecular weight is 278 g/mol. The number of hydrogen-bond acceptors (Lipinski definition) is 5. The highest BCUT2D eigenvalue weighted by molar-refractivity contribution is 7.13. The van der Waals surface area contributed by atoms with Gasteiger partial charge in [-0.25, -0.2) is 4.79 Å². The second-order valence-electron chi connectivity index (χ2n) is 4.55. The Bertz CT molecular complexity index is 558. The number of hydrogen-bond donors (Lipinski definition) is 1. The molecule has 2 aromatic rings. The third kappa shape index (κ3) is 2.33. The molecule has 0 aliphatic carbocycles. The number of carbonyl (C=O) groups is 1. The van der Waals surface area contributed by atoms with E-state index in [0.29, 0.717) is 5.69 Å². The molecule has 0 atom stereocenters. The summed E-state index contributed by atoms with van der Waals surface area (Å²) in [4.78, 5) is 13.3. The number of nitrogens with zero attached hydrogens (tertiary/aromatic N) is 4. The Morgan fingerprint density at radius 2 is 2.21 bits per heavy atom. The van der Waals surface area contributed by atoms with Gasteiger partial charge in [0, 0.05) is 25.3 Å². The van der Waals surface area contributed by atoms with Crippen molar-refractivity contribution in [2.75, 3.05) is 18.0 Å². The van der Waals surface area contributed by atoms with E-state index >= 15 is 0 Å². The highest BCUT2D eigenvalue weighted by Crippen LogP contribution is 2.28. The number of aromatic nitrogens is 3. The maximum atomic E-state index is 11.1. The summed E-state index contributed by atoms with van der Waals surface area (Å²) in [5.74, 6) is -0.864. The third-order valence-electron chi connectivity index (χ3n) is 3.47. The van der Waals surface area contributed by atoms with Crippen molar-refractivity contribution in [3.05, 3.63) is 29.5 Å². The van der Waals surface area contributed by atoms with Crippen molar-refractivity contribution in [2.45, 2.75) is 18.9 Å². The highest BCUT2D eigenvalue weighted by Gasteiger charge is 2.24. The van der Waals surface area contributed by atoms with Gasteiger partial charge < -0.3 is 14.6 Å². The van der Waals surface area contributed by atoms with Gasteiger partial charge >= 0.3 is 5.97 Å². The molecule has 0 spiro atoms. The van der Waals surface area contributed by atoms with Gasteiger partial charge in [-0.3, -0.25) is 0 Å². The molecule has 1 N–H and O–H groups in total. The Morgan fingerprint density at radius 1 is 1.42 bits per heavy atom. The molecule has 7 heteroatoms. The summed E-state index contributed by atoms with van der Waals surface area (Å²) in [7, 11) is 0. The molecule has 0 unspecified atom stereocenters. The molecule has 3 rings (SSSR count). The van der Waals surface area contributed by atoms with Gasteiger partial charge in [0.2, 0.25) is 5.13 Å². The van der Waals surface area contributed by atoms with Crippen LogP contribution in [0.25, 0.3) is 0 Å². The smallest absolute Gasteiger partial charge is 0.352 e. The topological polar surface area (TPSA) is 71.2 Å². The minimum atomic E-state index is -0.864. The molecule has 0 bridgehead atoms. The van der Waals surface area contributed by atoms with Crippen LogP contribution >= 0.6 is 11.3 Å². The fourth-order valence-electron chi connectivity index (χ4n) is 2.53. The predicted molar refractivity (Wildman–Crippen MR) is 71.8 cm³/mol. The van der Waals surface area contributed by atoms with Gasteiger partial charge in [0.1, 0.15) is 11.2 Å². The van der Waals surface area contributed by atoms with E-state index < -0.39 is 5.97 Å². The first-order valence-electron chi connectivity index (χ1n) is 6.17.